The lowest BCUT2D eigenvalue weighted by atomic mass is 10.3. The highest BCUT2D eigenvalue weighted by atomic mass is 32.2. The van der Waals surface area contributed by atoms with Crippen LogP contribution in [0.15, 0.2) is 6.33 Å². The maximum atomic E-state index is 11.2. The highest BCUT2D eigenvalue weighted by Gasteiger charge is 2.13. The van der Waals surface area contributed by atoms with Gasteiger partial charge in [0.05, 0.1) is 6.42 Å². The molecule has 1 aromatic heterocycles. The summed E-state index contributed by atoms with van der Waals surface area (Å²) in [6.07, 6.45) is 2.36. The topological polar surface area (TPSA) is 81.9 Å². The van der Waals surface area contributed by atoms with Crippen molar-refractivity contribution in [2.75, 3.05) is 12.0 Å². The fraction of sp³-hybridized carbons (Fsp3) is 0.571. The lowest BCUT2D eigenvalue weighted by Gasteiger charge is -1.98. The predicted octanol–water partition coefficient (Wildman–Crippen LogP) is -1.03. The molecule has 0 saturated heterocycles. The van der Waals surface area contributed by atoms with Crippen LogP contribution in [0.2, 0.25) is 0 Å². The normalized spacial score (nSPS) is 11.6. The number of hydrogen-bond donors (Lipinski definition) is 0. The number of rotatable bonds is 4. The van der Waals surface area contributed by atoms with Crippen molar-refractivity contribution in [3.05, 3.63) is 12.2 Å². The first kappa shape index (κ1) is 10.8. The van der Waals surface area contributed by atoms with Gasteiger partial charge in [0.15, 0.2) is 15.6 Å². The summed E-state index contributed by atoms with van der Waals surface area (Å²) in [4.78, 5) is 15.0. The van der Waals surface area contributed by atoms with E-state index in [1.54, 1.807) is 7.05 Å². The number of hydrogen-bond acceptors (Lipinski definition) is 5. The third-order valence-corrected chi connectivity index (χ3v) is 2.43. The second-order valence-electron chi connectivity index (χ2n) is 3.09. The number of ketones is 1. The van der Waals surface area contributed by atoms with Gasteiger partial charge in [0.25, 0.3) is 0 Å². The van der Waals surface area contributed by atoms with Crippen molar-refractivity contribution in [3.63, 3.8) is 0 Å². The summed E-state index contributed by atoms with van der Waals surface area (Å²) in [6, 6.07) is 0. The highest BCUT2D eigenvalue weighted by Crippen LogP contribution is 1.95. The van der Waals surface area contributed by atoms with Crippen molar-refractivity contribution in [1.82, 2.24) is 14.8 Å². The lowest BCUT2D eigenvalue weighted by molar-refractivity contribution is -0.116. The minimum Gasteiger partial charge on any atom is -0.298 e. The van der Waals surface area contributed by atoms with E-state index in [4.69, 9.17) is 0 Å². The maximum absolute atomic E-state index is 11.2. The average molecular weight is 217 g/mol. The van der Waals surface area contributed by atoms with Crippen molar-refractivity contribution >= 4 is 15.6 Å². The Morgan fingerprint density at radius 2 is 2.21 bits per heavy atom. The molecule has 0 bridgehead atoms. The molecular weight excluding hydrogens is 206 g/mol. The zero-order valence-corrected chi connectivity index (χ0v) is 8.78. The van der Waals surface area contributed by atoms with Crippen molar-refractivity contribution < 1.29 is 13.2 Å². The van der Waals surface area contributed by atoms with Crippen LogP contribution in [0.4, 0.5) is 0 Å². The van der Waals surface area contributed by atoms with Gasteiger partial charge in [-0.25, -0.2) is 13.4 Å². The van der Waals surface area contributed by atoms with Crippen LogP contribution in [0.25, 0.3) is 0 Å². The summed E-state index contributed by atoms with van der Waals surface area (Å²) in [6.45, 7) is 0. The van der Waals surface area contributed by atoms with Gasteiger partial charge in [-0.1, -0.05) is 0 Å². The van der Waals surface area contributed by atoms with Crippen molar-refractivity contribution in [2.24, 2.45) is 7.05 Å². The van der Waals surface area contributed by atoms with Crippen LogP contribution in [0.3, 0.4) is 0 Å². The number of sulfone groups is 1. The van der Waals surface area contributed by atoms with Crippen LogP contribution in [-0.2, 0) is 28.1 Å². The molecule has 0 radical (unpaired) electrons. The Balaban J connectivity index is 2.63. The second-order valence-corrected chi connectivity index (χ2v) is 5.23. The van der Waals surface area contributed by atoms with E-state index in [0.717, 1.165) is 6.26 Å². The van der Waals surface area contributed by atoms with Crippen molar-refractivity contribution in [3.8, 4) is 0 Å². The summed E-state index contributed by atoms with van der Waals surface area (Å²) in [5.74, 6) is -0.345. The van der Waals surface area contributed by atoms with E-state index in [9.17, 15) is 13.2 Å². The zero-order chi connectivity index (χ0) is 10.8. The molecule has 0 saturated carbocycles. The van der Waals surface area contributed by atoms with Crippen LogP contribution in [0.5, 0.6) is 0 Å². The van der Waals surface area contributed by atoms with Gasteiger partial charge < -0.3 is 0 Å². The van der Waals surface area contributed by atoms with Gasteiger partial charge in [0.1, 0.15) is 17.9 Å². The average Bonchev–Trinajstić information content (AvgIpc) is 2.32. The largest absolute Gasteiger partial charge is 0.298 e. The fourth-order valence-corrected chi connectivity index (χ4v) is 1.69. The number of carbonyl (C=O) groups excluding carboxylic acids is 1. The summed E-state index contributed by atoms with van der Waals surface area (Å²) in [5, 5.41) is 3.77. The van der Waals surface area contributed by atoms with E-state index in [1.165, 1.54) is 11.0 Å². The Morgan fingerprint density at radius 3 is 2.64 bits per heavy atom. The molecule has 0 fully saturated rings. The van der Waals surface area contributed by atoms with E-state index in [0.29, 0.717) is 5.82 Å². The smallest absolute Gasteiger partial charge is 0.155 e. The molecule has 1 rings (SSSR count). The SMILES string of the molecule is Cn1ncnc1CC(=O)CS(C)(=O)=O. The van der Waals surface area contributed by atoms with Crippen LogP contribution >= 0.6 is 0 Å². The molecule has 0 aliphatic heterocycles. The van der Waals surface area contributed by atoms with Gasteiger partial charge in [-0.05, 0) is 0 Å². The number of aryl methyl sites for hydroxylation is 1. The van der Waals surface area contributed by atoms with Crippen LogP contribution in [-0.4, -0.2) is 41.0 Å². The maximum Gasteiger partial charge on any atom is 0.155 e. The Bertz CT molecular complexity index is 435. The first-order chi connectivity index (χ1) is 6.38. The van der Waals surface area contributed by atoms with E-state index in [-0.39, 0.29) is 12.2 Å². The molecule has 0 unspecified atom stereocenters. The number of aromatic nitrogens is 3. The van der Waals surface area contributed by atoms with Gasteiger partial charge in [0, 0.05) is 13.3 Å². The summed E-state index contributed by atoms with van der Waals surface area (Å²) in [7, 11) is -1.60. The molecule has 6 nitrogen and oxygen atoms in total. The third-order valence-electron chi connectivity index (χ3n) is 1.58. The Morgan fingerprint density at radius 1 is 1.57 bits per heavy atom. The molecule has 0 atom stereocenters. The number of nitrogens with zero attached hydrogens (tertiary/aromatic N) is 3. The van der Waals surface area contributed by atoms with E-state index < -0.39 is 15.6 Å². The minimum absolute atomic E-state index is 0.00354. The quantitative estimate of drug-likeness (QED) is 0.644. The van der Waals surface area contributed by atoms with Gasteiger partial charge in [-0.3, -0.25) is 9.48 Å². The third kappa shape index (κ3) is 3.25. The van der Waals surface area contributed by atoms with Crippen molar-refractivity contribution in [2.45, 2.75) is 6.42 Å². The summed E-state index contributed by atoms with van der Waals surface area (Å²) in [5.41, 5.74) is 0. The van der Waals surface area contributed by atoms with E-state index in [1.807, 2.05) is 0 Å². The Hall–Kier alpha value is -1.24. The number of Topliss-reactive ketones (excluding diaryl/α,β-unsaturated/α-hetero) is 1. The molecule has 0 aliphatic rings. The molecule has 0 aliphatic carbocycles. The van der Waals surface area contributed by atoms with Crippen LogP contribution in [0, 0.1) is 0 Å². The Kier molecular flexibility index (Phi) is 3.00. The fourth-order valence-electron chi connectivity index (χ4n) is 1.000. The lowest BCUT2D eigenvalue weighted by Crippen LogP contribution is -2.18. The summed E-state index contributed by atoms with van der Waals surface area (Å²) >= 11 is 0. The van der Waals surface area contributed by atoms with Gasteiger partial charge in [-0.15, -0.1) is 0 Å². The van der Waals surface area contributed by atoms with Crippen LogP contribution in [0.1, 0.15) is 5.82 Å². The first-order valence-electron chi connectivity index (χ1n) is 3.91. The highest BCUT2D eigenvalue weighted by molar-refractivity contribution is 7.91. The molecule has 0 aromatic carbocycles. The molecule has 7 heteroatoms. The van der Waals surface area contributed by atoms with E-state index in [2.05, 4.69) is 10.1 Å². The second kappa shape index (κ2) is 3.87. The summed E-state index contributed by atoms with van der Waals surface area (Å²) < 4.78 is 23.0. The van der Waals surface area contributed by atoms with Gasteiger partial charge in [-0.2, -0.15) is 5.10 Å². The van der Waals surface area contributed by atoms with Gasteiger partial charge >= 0.3 is 0 Å². The van der Waals surface area contributed by atoms with Crippen LogP contribution < -0.4 is 0 Å². The molecular formula is C7H11N3O3S. The standard InChI is InChI=1S/C7H11N3O3S/c1-10-7(8-5-9-10)3-6(11)4-14(2,12)13/h5H,3-4H2,1-2H3. The monoisotopic (exact) mass is 217 g/mol. The minimum atomic E-state index is -3.25. The van der Waals surface area contributed by atoms with Gasteiger partial charge in [0.2, 0.25) is 0 Å². The van der Waals surface area contributed by atoms with Crippen molar-refractivity contribution in [1.29, 1.82) is 0 Å². The van der Waals surface area contributed by atoms with E-state index >= 15 is 0 Å². The molecule has 0 N–H and O–H groups in total. The zero-order valence-electron chi connectivity index (χ0n) is 7.97. The molecule has 14 heavy (non-hydrogen) atoms. The molecule has 78 valence electrons. The molecule has 0 spiro atoms. The molecule has 1 aromatic rings. The Labute approximate surface area is 81.9 Å². The molecule has 1 heterocycles. The number of carbonyl (C=O) groups is 1. The predicted molar refractivity (Wildman–Crippen MR) is 49.4 cm³/mol. The first-order valence-corrected chi connectivity index (χ1v) is 5.97. The molecule has 0 amide bonds.